The minimum absolute atomic E-state index is 0.0904. The number of rotatable bonds is 1. The maximum absolute atomic E-state index is 6.08. The summed E-state index contributed by atoms with van der Waals surface area (Å²) in [5.41, 5.74) is 23.8. The second kappa shape index (κ2) is 6.77. The lowest BCUT2D eigenvalue weighted by Gasteiger charge is -2.20. The fraction of sp³-hybridized carbons (Fsp3) is 0.286. The van der Waals surface area contributed by atoms with Gasteiger partial charge in [0.2, 0.25) is 0 Å². The van der Waals surface area contributed by atoms with Crippen molar-refractivity contribution in [2.24, 2.45) is 0 Å². The zero-order valence-electron chi connectivity index (χ0n) is 18.9. The molecule has 0 radical (unpaired) electrons. The zero-order valence-corrected chi connectivity index (χ0v) is 18.9. The summed E-state index contributed by atoms with van der Waals surface area (Å²) in [6.45, 7) is 13.6. The normalized spacial score (nSPS) is 13.2. The van der Waals surface area contributed by atoms with Crippen molar-refractivity contribution in [1.82, 2.24) is 0 Å². The van der Waals surface area contributed by atoms with Gasteiger partial charge >= 0.3 is 0 Å². The van der Waals surface area contributed by atoms with E-state index in [0.717, 1.165) is 5.56 Å². The van der Waals surface area contributed by atoms with E-state index in [1.54, 1.807) is 6.07 Å². The largest absolute Gasteiger partial charge is 0.399 e. The first-order valence-electron chi connectivity index (χ1n) is 10.6. The summed E-state index contributed by atoms with van der Waals surface area (Å²) in [6.07, 6.45) is 2.23. The molecule has 4 N–H and O–H groups in total. The van der Waals surface area contributed by atoms with Crippen LogP contribution < -0.4 is 11.5 Å². The van der Waals surface area contributed by atoms with Crippen molar-refractivity contribution in [2.75, 3.05) is 11.5 Å². The second-order valence-electron chi connectivity index (χ2n) is 10.5. The molecule has 0 aromatic heterocycles. The van der Waals surface area contributed by atoms with Crippen LogP contribution in [0.15, 0.2) is 54.6 Å². The molecular weight excluding hydrogens is 364 g/mol. The predicted molar refractivity (Wildman–Crippen MR) is 132 cm³/mol. The summed E-state index contributed by atoms with van der Waals surface area (Å²) < 4.78 is 0. The number of anilines is 2. The molecule has 30 heavy (non-hydrogen) atoms. The van der Waals surface area contributed by atoms with E-state index in [2.05, 4.69) is 84.0 Å². The van der Waals surface area contributed by atoms with Gasteiger partial charge in [0.05, 0.1) is 0 Å². The van der Waals surface area contributed by atoms with Gasteiger partial charge in [0.25, 0.3) is 0 Å². The molecule has 0 heterocycles. The number of nitrogens with two attached hydrogens (primary N) is 2. The predicted octanol–water partition coefficient (Wildman–Crippen LogP) is 7.02. The maximum Gasteiger partial charge on any atom is 0.0340 e. The van der Waals surface area contributed by atoms with Gasteiger partial charge in [-0.3, -0.25) is 0 Å². The number of benzene rings is 3. The molecule has 1 aliphatic rings. The molecule has 3 aromatic carbocycles. The zero-order chi connectivity index (χ0) is 21.8. The Balaban J connectivity index is 1.99. The molecule has 0 saturated heterocycles. The van der Waals surface area contributed by atoms with Gasteiger partial charge in [0.1, 0.15) is 0 Å². The van der Waals surface area contributed by atoms with Gasteiger partial charge in [-0.15, -0.1) is 0 Å². The molecule has 0 atom stereocenters. The number of hydrogen-bond acceptors (Lipinski definition) is 2. The van der Waals surface area contributed by atoms with Crippen LogP contribution in [0.4, 0.5) is 11.4 Å². The van der Waals surface area contributed by atoms with Crippen molar-refractivity contribution in [2.45, 2.75) is 52.4 Å². The Bertz CT molecular complexity index is 1080. The molecule has 2 nitrogen and oxygen atoms in total. The van der Waals surface area contributed by atoms with Crippen LogP contribution in [0.2, 0.25) is 0 Å². The smallest absolute Gasteiger partial charge is 0.0340 e. The topological polar surface area (TPSA) is 52.0 Å². The molecule has 0 bridgehead atoms. The van der Waals surface area contributed by atoms with Gasteiger partial charge in [-0.2, -0.15) is 0 Å². The van der Waals surface area contributed by atoms with E-state index in [1.165, 1.54) is 39.0 Å². The standard InChI is InChI=1S/C28H32N2/c1-27(2,3)18-7-9-22-23-10-8-19(28(4,5)6)15-26(23)24(25(22)14-18)13-17-11-20(29)16-21(30)12-17/h7-16H,29-30H2,1-6H3. The second-order valence-corrected chi connectivity index (χ2v) is 10.5. The summed E-state index contributed by atoms with van der Waals surface area (Å²) in [5.74, 6) is 0. The van der Waals surface area contributed by atoms with E-state index < -0.39 is 0 Å². The van der Waals surface area contributed by atoms with Crippen LogP contribution in [0, 0.1) is 0 Å². The third-order valence-electron chi connectivity index (χ3n) is 5.95. The Labute approximate surface area is 180 Å². The van der Waals surface area contributed by atoms with Crippen LogP contribution in [-0.2, 0) is 10.8 Å². The summed E-state index contributed by atoms with van der Waals surface area (Å²) in [7, 11) is 0. The van der Waals surface area contributed by atoms with Crippen LogP contribution in [0.3, 0.4) is 0 Å². The molecule has 1 aliphatic carbocycles. The first kappa shape index (κ1) is 20.3. The SMILES string of the molecule is CC(C)(C)c1ccc2c(c1)C(=Cc1cc(N)cc(N)c1)c1cc(C(C)(C)C)ccc1-2. The summed E-state index contributed by atoms with van der Waals surface area (Å²) in [5, 5.41) is 0. The molecule has 0 amide bonds. The first-order chi connectivity index (χ1) is 13.9. The van der Waals surface area contributed by atoms with Crippen LogP contribution >= 0.6 is 0 Å². The molecule has 0 spiro atoms. The van der Waals surface area contributed by atoms with Gasteiger partial charge in [0.15, 0.2) is 0 Å². The Morgan fingerprint density at radius 2 is 1.00 bits per heavy atom. The van der Waals surface area contributed by atoms with Crippen molar-refractivity contribution in [1.29, 1.82) is 0 Å². The highest BCUT2D eigenvalue weighted by atomic mass is 14.6. The molecule has 3 aromatic rings. The van der Waals surface area contributed by atoms with E-state index in [-0.39, 0.29) is 10.8 Å². The molecule has 2 heteroatoms. The lowest BCUT2D eigenvalue weighted by atomic mass is 9.84. The number of nitrogen functional groups attached to an aromatic ring is 2. The fourth-order valence-corrected chi connectivity index (χ4v) is 4.19. The van der Waals surface area contributed by atoms with Crippen LogP contribution in [0.5, 0.6) is 0 Å². The Morgan fingerprint density at radius 1 is 0.567 bits per heavy atom. The quantitative estimate of drug-likeness (QED) is 0.340. The third-order valence-corrected chi connectivity index (χ3v) is 5.95. The first-order valence-corrected chi connectivity index (χ1v) is 10.6. The van der Waals surface area contributed by atoms with E-state index >= 15 is 0 Å². The molecule has 154 valence electrons. The van der Waals surface area contributed by atoms with Crippen LogP contribution in [0.25, 0.3) is 22.8 Å². The van der Waals surface area contributed by atoms with Crippen molar-refractivity contribution >= 4 is 23.0 Å². The van der Waals surface area contributed by atoms with Gasteiger partial charge in [-0.1, -0.05) is 65.8 Å². The highest BCUT2D eigenvalue weighted by Gasteiger charge is 2.27. The highest BCUT2D eigenvalue weighted by molar-refractivity contribution is 6.07. The molecule has 0 aliphatic heterocycles. The molecule has 0 fully saturated rings. The molecule has 4 rings (SSSR count). The summed E-state index contributed by atoms with van der Waals surface area (Å²) in [4.78, 5) is 0. The lowest BCUT2D eigenvalue weighted by Crippen LogP contribution is -2.11. The Morgan fingerprint density at radius 3 is 1.40 bits per heavy atom. The molecule has 0 saturated carbocycles. The van der Waals surface area contributed by atoms with E-state index in [4.69, 9.17) is 11.5 Å². The van der Waals surface area contributed by atoms with Crippen molar-refractivity contribution in [3.8, 4) is 11.1 Å². The molecule has 0 unspecified atom stereocenters. The Hall–Kier alpha value is -3.00. The minimum atomic E-state index is 0.0904. The minimum Gasteiger partial charge on any atom is -0.399 e. The third kappa shape index (κ3) is 3.63. The Kier molecular flexibility index (Phi) is 4.58. The van der Waals surface area contributed by atoms with E-state index in [0.29, 0.717) is 11.4 Å². The van der Waals surface area contributed by atoms with Gasteiger partial charge in [0, 0.05) is 11.4 Å². The maximum atomic E-state index is 6.08. The average Bonchev–Trinajstić information content (AvgIpc) is 2.92. The lowest BCUT2D eigenvalue weighted by molar-refractivity contribution is 0.590. The average molecular weight is 397 g/mol. The summed E-state index contributed by atoms with van der Waals surface area (Å²) in [6, 6.07) is 19.6. The van der Waals surface area contributed by atoms with E-state index in [1.807, 2.05) is 12.1 Å². The van der Waals surface area contributed by atoms with Crippen LogP contribution in [-0.4, -0.2) is 0 Å². The van der Waals surface area contributed by atoms with Gasteiger partial charge < -0.3 is 11.5 Å². The number of hydrogen-bond donors (Lipinski definition) is 2. The van der Waals surface area contributed by atoms with Crippen molar-refractivity contribution in [3.05, 3.63) is 82.4 Å². The van der Waals surface area contributed by atoms with Crippen LogP contribution in [0.1, 0.15) is 69.4 Å². The number of fused-ring (bicyclic) bond motifs is 3. The van der Waals surface area contributed by atoms with Gasteiger partial charge in [-0.05, 0) is 91.8 Å². The highest BCUT2D eigenvalue weighted by Crippen LogP contribution is 2.47. The monoisotopic (exact) mass is 396 g/mol. The summed E-state index contributed by atoms with van der Waals surface area (Å²) >= 11 is 0. The molecular formula is C28H32N2. The fourth-order valence-electron chi connectivity index (χ4n) is 4.19. The van der Waals surface area contributed by atoms with Gasteiger partial charge in [-0.25, -0.2) is 0 Å². The van der Waals surface area contributed by atoms with Crippen molar-refractivity contribution < 1.29 is 0 Å². The van der Waals surface area contributed by atoms with Crippen molar-refractivity contribution in [3.63, 3.8) is 0 Å². The van der Waals surface area contributed by atoms with E-state index in [9.17, 15) is 0 Å².